The van der Waals surface area contributed by atoms with E-state index in [1.807, 2.05) is 0 Å². The molecule has 2 aliphatic carbocycles. The molecule has 1 aliphatic heterocycles. The van der Waals surface area contributed by atoms with Gasteiger partial charge < -0.3 is 5.73 Å². The SMILES string of the molecule is C[C@@H]1CCC[C@H](C)N1CC1C2CCC(C2)C1N. The fourth-order valence-electron chi connectivity index (χ4n) is 4.80. The minimum atomic E-state index is 0.509. The first kappa shape index (κ1) is 12.0. The van der Waals surface area contributed by atoms with Crippen molar-refractivity contribution in [3.8, 4) is 0 Å². The van der Waals surface area contributed by atoms with Crippen molar-refractivity contribution >= 4 is 0 Å². The number of rotatable bonds is 2. The second-order valence-corrected chi connectivity index (χ2v) is 6.90. The molecule has 17 heavy (non-hydrogen) atoms. The molecule has 2 saturated carbocycles. The van der Waals surface area contributed by atoms with Crippen molar-refractivity contribution in [1.82, 2.24) is 4.90 Å². The molecule has 0 radical (unpaired) electrons. The molecule has 0 aromatic heterocycles. The van der Waals surface area contributed by atoms with Gasteiger partial charge in [0.1, 0.15) is 0 Å². The van der Waals surface area contributed by atoms with E-state index in [0.29, 0.717) is 6.04 Å². The first-order valence-electron chi connectivity index (χ1n) is 7.68. The zero-order chi connectivity index (χ0) is 12.0. The van der Waals surface area contributed by atoms with Crippen LogP contribution in [0.15, 0.2) is 0 Å². The molecule has 2 N–H and O–H groups in total. The van der Waals surface area contributed by atoms with E-state index in [1.54, 1.807) is 0 Å². The van der Waals surface area contributed by atoms with E-state index in [1.165, 1.54) is 45.1 Å². The Bertz CT molecular complexity index is 266. The Kier molecular flexibility index (Phi) is 3.20. The van der Waals surface area contributed by atoms with Crippen LogP contribution in [-0.4, -0.2) is 29.6 Å². The number of hydrogen-bond acceptors (Lipinski definition) is 2. The third kappa shape index (κ3) is 2.04. The van der Waals surface area contributed by atoms with Crippen LogP contribution in [0, 0.1) is 17.8 Å². The van der Waals surface area contributed by atoms with Gasteiger partial charge in [0, 0.05) is 24.7 Å². The van der Waals surface area contributed by atoms with Gasteiger partial charge in [-0.3, -0.25) is 4.90 Å². The van der Waals surface area contributed by atoms with Crippen LogP contribution in [0.5, 0.6) is 0 Å². The van der Waals surface area contributed by atoms with Crippen LogP contribution in [0.1, 0.15) is 52.4 Å². The van der Waals surface area contributed by atoms with Gasteiger partial charge in [-0.2, -0.15) is 0 Å². The van der Waals surface area contributed by atoms with E-state index < -0.39 is 0 Å². The molecule has 3 fully saturated rings. The van der Waals surface area contributed by atoms with Crippen molar-refractivity contribution in [2.45, 2.75) is 70.5 Å². The van der Waals surface area contributed by atoms with Crippen LogP contribution in [0.3, 0.4) is 0 Å². The summed E-state index contributed by atoms with van der Waals surface area (Å²) < 4.78 is 0. The van der Waals surface area contributed by atoms with E-state index in [9.17, 15) is 0 Å². The molecule has 0 aromatic rings. The topological polar surface area (TPSA) is 29.3 Å². The Labute approximate surface area is 106 Å². The van der Waals surface area contributed by atoms with Gasteiger partial charge in [-0.15, -0.1) is 0 Å². The highest BCUT2D eigenvalue weighted by Crippen LogP contribution is 2.48. The number of likely N-dealkylation sites (tertiary alicyclic amines) is 1. The average Bonchev–Trinajstić information content (AvgIpc) is 2.86. The van der Waals surface area contributed by atoms with Gasteiger partial charge in [0.2, 0.25) is 0 Å². The lowest BCUT2D eigenvalue weighted by Gasteiger charge is -2.43. The van der Waals surface area contributed by atoms with E-state index in [2.05, 4.69) is 18.7 Å². The quantitative estimate of drug-likeness (QED) is 0.798. The van der Waals surface area contributed by atoms with Crippen LogP contribution in [-0.2, 0) is 0 Å². The summed E-state index contributed by atoms with van der Waals surface area (Å²) in [5, 5.41) is 0. The number of fused-ring (bicyclic) bond motifs is 2. The largest absolute Gasteiger partial charge is 0.327 e. The Balaban J connectivity index is 1.66. The van der Waals surface area contributed by atoms with Crippen LogP contribution in [0.2, 0.25) is 0 Å². The molecule has 1 heterocycles. The molecule has 4 unspecified atom stereocenters. The highest BCUT2D eigenvalue weighted by atomic mass is 15.2. The number of nitrogens with two attached hydrogens (primary N) is 1. The van der Waals surface area contributed by atoms with Crippen LogP contribution < -0.4 is 5.73 Å². The molecular formula is C15H28N2. The highest BCUT2D eigenvalue weighted by Gasteiger charge is 2.46. The molecule has 1 saturated heterocycles. The molecule has 2 heteroatoms. The molecule has 0 amide bonds. The first-order valence-corrected chi connectivity index (χ1v) is 7.68. The third-order valence-electron chi connectivity index (χ3n) is 5.96. The monoisotopic (exact) mass is 236 g/mol. The normalized spacial score (nSPS) is 51.0. The summed E-state index contributed by atoms with van der Waals surface area (Å²) in [7, 11) is 0. The zero-order valence-corrected chi connectivity index (χ0v) is 11.4. The average molecular weight is 236 g/mol. The predicted octanol–water partition coefficient (Wildman–Crippen LogP) is 2.62. The van der Waals surface area contributed by atoms with Crippen molar-refractivity contribution in [3.05, 3.63) is 0 Å². The van der Waals surface area contributed by atoms with E-state index >= 15 is 0 Å². The summed E-state index contributed by atoms with van der Waals surface area (Å²) in [6.45, 7) is 6.10. The molecule has 98 valence electrons. The maximum atomic E-state index is 6.45. The summed E-state index contributed by atoms with van der Waals surface area (Å²) in [6, 6.07) is 2.07. The number of hydrogen-bond donors (Lipinski definition) is 1. The summed E-state index contributed by atoms with van der Waals surface area (Å²) in [5.41, 5.74) is 6.45. The summed E-state index contributed by atoms with van der Waals surface area (Å²) in [5.74, 6) is 2.62. The summed E-state index contributed by atoms with van der Waals surface area (Å²) in [4.78, 5) is 2.76. The summed E-state index contributed by atoms with van der Waals surface area (Å²) in [6.07, 6.45) is 8.50. The van der Waals surface area contributed by atoms with Crippen LogP contribution in [0.4, 0.5) is 0 Å². The Hall–Kier alpha value is -0.0800. The smallest absolute Gasteiger partial charge is 0.0111 e. The fourth-order valence-corrected chi connectivity index (χ4v) is 4.80. The maximum Gasteiger partial charge on any atom is 0.0111 e. The maximum absolute atomic E-state index is 6.45. The number of nitrogens with zero attached hydrogens (tertiary/aromatic N) is 1. The Morgan fingerprint density at radius 3 is 2.24 bits per heavy atom. The van der Waals surface area contributed by atoms with Crippen molar-refractivity contribution in [1.29, 1.82) is 0 Å². The fraction of sp³-hybridized carbons (Fsp3) is 1.00. The van der Waals surface area contributed by atoms with Gasteiger partial charge in [0.05, 0.1) is 0 Å². The van der Waals surface area contributed by atoms with Crippen molar-refractivity contribution in [2.24, 2.45) is 23.5 Å². The highest BCUT2D eigenvalue weighted by molar-refractivity contribution is 5.00. The lowest BCUT2D eigenvalue weighted by molar-refractivity contribution is 0.0661. The molecule has 3 rings (SSSR count). The van der Waals surface area contributed by atoms with E-state index in [4.69, 9.17) is 5.73 Å². The molecule has 6 atom stereocenters. The van der Waals surface area contributed by atoms with Crippen molar-refractivity contribution in [3.63, 3.8) is 0 Å². The Morgan fingerprint density at radius 1 is 1.00 bits per heavy atom. The van der Waals surface area contributed by atoms with Gasteiger partial charge in [0.15, 0.2) is 0 Å². The van der Waals surface area contributed by atoms with Gasteiger partial charge in [-0.05, 0) is 63.7 Å². The first-order chi connectivity index (χ1) is 8.16. The predicted molar refractivity (Wildman–Crippen MR) is 71.8 cm³/mol. The molecule has 2 nitrogen and oxygen atoms in total. The minimum Gasteiger partial charge on any atom is -0.327 e. The van der Waals surface area contributed by atoms with Crippen LogP contribution >= 0.6 is 0 Å². The second kappa shape index (κ2) is 4.55. The minimum absolute atomic E-state index is 0.509. The van der Waals surface area contributed by atoms with Crippen molar-refractivity contribution in [2.75, 3.05) is 6.54 Å². The van der Waals surface area contributed by atoms with E-state index in [-0.39, 0.29) is 0 Å². The molecule has 3 aliphatic rings. The standard InChI is InChI=1S/C15H28N2/c1-10-4-3-5-11(2)17(10)9-14-12-6-7-13(8-12)15(14)16/h10-15H,3-9,16H2,1-2H3/t10-,11+,12?,13?,14?,15?. The molecule has 2 bridgehead atoms. The molecule has 0 aromatic carbocycles. The zero-order valence-electron chi connectivity index (χ0n) is 11.4. The Morgan fingerprint density at radius 2 is 1.65 bits per heavy atom. The van der Waals surface area contributed by atoms with Gasteiger partial charge in [0.25, 0.3) is 0 Å². The van der Waals surface area contributed by atoms with Gasteiger partial charge in [-0.1, -0.05) is 6.42 Å². The third-order valence-corrected chi connectivity index (χ3v) is 5.96. The van der Waals surface area contributed by atoms with Crippen molar-refractivity contribution < 1.29 is 0 Å². The van der Waals surface area contributed by atoms with Gasteiger partial charge >= 0.3 is 0 Å². The number of piperidine rings is 1. The second-order valence-electron chi connectivity index (χ2n) is 6.90. The molecular weight excluding hydrogens is 208 g/mol. The lowest BCUT2D eigenvalue weighted by atomic mass is 9.83. The van der Waals surface area contributed by atoms with E-state index in [0.717, 1.165) is 29.8 Å². The summed E-state index contributed by atoms with van der Waals surface area (Å²) >= 11 is 0. The van der Waals surface area contributed by atoms with Crippen LogP contribution in [0.25, 0.3) is 0 Å². The van der Waals surface area contributed by atoms with Gasteiger partial charge in [-0.25, -0.2) is 0 Å². The lowest BCUT2D eigenvalue weighted by Crippen LogP contribution is -2.50. The molecule has 0 spiro atoms.